The van der Waals surface area contributed by atoms with Crippen molar-refractivity contribution >= 4 is 45.8 Å². The van der Waals surface area contributed by atoms with E-state index >= 15 is 0 Å². The summed E-state index contributed by atoms with van der Waals surface area (Å²) in [5.41, 5.74) is 0. The predicted molar refractivity (Wildman–Crippen MR) is 53.7 cm³/mol. The first kappa shape index (κ1) is 12.1. The highest BCUT2D eigenvalue weighted by molar-refractivity contribution is 14.1. The lowest BCUT2D eigenvalue weighted by Gasteiger charge is -2.11. The number of hydrogen-bond donors (Lipinski definition) is 0. The van der Waals surface area contributed by atoms with E-state index in [1.165, 1.54) is 6.07 Å². The van der Waals surface area contributed by atoms with Gasteiger partial charge in [0.2, 0.25) is 0 Å². The molecule has 0 saturated carbocycles. The van der Waals surface area contributed by atoms with E-state index < -0.39 is 17.3 Å². The van der Waals surface area contributed by atoms with E-state index in [2.05, 4.69) is 9.72 Å². The molecule has 0 aliphatic heterocycles. The molecule has 0 unspecified atom stereocenters. The quantitative estimate of drug-likeness (QED) is 0.562. The average Bonchev–Trinajstić information content (AvgIpc) is 1.95. The van der Waals surface area contributed by atoms with Gasteiger partial charge >= 0.3 is 6.36 Å². The summed E-state index contributed by atoms with van der Waals surface area (Å²) in [5, 5.41) is -0.409. The second-order valence-electron chi connectivity index (χ2n) is 2.09. The summed E-state index contributed by atoms with van der Waals surface area (Å²) in [6.45, 7) is 0. The summed E-state index contributed by atoms with van der Waals surface area (Å²) in [5.74, 6) is -0.538. The molecule has 0 aliphatic rings. The average molecular weight is 358 g/mol. The smallest absolute Gasteiger partial charge is 0.401 e. The third kappa shape index (κ3) is 3.32. The Morgan fingerprint density at radius 1 is 1.36 bits per heavy atom. The van der Waals surface area contributed by atoms with Gasteiger partial charge in [0.1, 0.15) is 5.15 Å². The van der Waals surface area contributed by atoms with Crippen LogP contribution in [0, 0.1) is 3.57 Å². The molecule has 0 saturated heterocycles. The maximum absolute atomic E-state index is 11.9. The second kappa shape index (κ2) is 4.28. The topological polar surface area (TPSA) is 22.1 Å². The van der Waals surface area contributed by atoms with Crippen LogP contribution in [0.2, 0.25) is 10.3 Å². The largest absolute Gasteiger partial charge is 0.573 e. The van der Waals surface area contributed by atoms with Gasteiger partial charge in [0, 0.05) is 0 Å². The number of aromatic nitrogens is 1. The standard InChI is InChI=1S/C6HCl2F3INO/c7-3-1-2(12)4(5(8)13-3)14-6(9,10)11/h1H. The fourth-order valence-corrected chi connectivity index (χ4v) is 2.12. The molecule has 0 amide bonds. The molecular weight excluding hydrogens is 357 g/mol. The van der Waals surface area contributed by atoms with Gasteiger partial charge in [-0.1, -0.05) is 23.2 Å². The van der Waals surface area contributed by atoms with Gasteiger partial charge in [0.25, 0.3) is 0 Å². The molecule has 0 bridgehead atoms. The summed E-state index contributed by atoms with van der Waals surface area (Å²) in [7, 11) is 0. The summed E-state index contributed by atoms with van der Waals surface area (Å²) < 4.78 is 39.4. The molecular formula is C6HCl2F3INO. The first-order valence-electron chi connectivity index (χ1n) is 3.07. The molecule has 14 heavy (non-hydrogen) atoms. The van der Waals surface area contributed by atoms with Crippen LogP contribution in [0.4, 0.5) is 13.2 Å². The van der Waals surface area contributed by atoms with Crippen LogP contribution < -0.4 is 4.74 Å². The van der Waals surface area contributed by atoms with Gasteiger partial charge in [-0.05, 0) is 28.7 Å². The fourth-order valence-electron chi connectivity index (χ4n) is 0.652. The van der Waals surface area contributed by atoms with Crippen LogP contribution in [0.3, 0.4) is 0 Å². The summed E-state index contributed by atoms with van der Waals surface area (Å²) >= 11 is 12.5. The van der Waals surface area contributed by atoms with Gasteiger partial charge in [-0.3, -0.25) is 0 Å². The Labute approximate surface area is 100 Å². The zero-order valence-corrected chi connectivity index (χ0v) is 9.87. The Hall–Kier alpha value is 0.0500. The monoisotopic (exact) mass is 357 g/mol. The Morgan fingerprint density at radius 2 is 1.93 bits per heavy atom. The van der Waals surface area contributed by atoms with E-state index in [4.69, 9.17) is 23.2 Å². The maximum Gasteiger partial charge on any atom is 0.573 e. The van der Waals surface area contributed by atoms with Crippen molar-refractivity contribution in [2.45, 2.75) is 6.36 Å². The zero-order valence-electron chi connectivity index (χ0n) is 6.20. The summed E-state index contributed by atoms with van der Waals surface area (Å²) in [4.78, 5) is 3.42. The van der Waals surface area contributed by atoms with E-state index in [9.17, 15) is 13.2 Å². The first-order valence-corrected chi connectivity index (χ1v) is 4.90. The molecule has 8 heteroatoms. The highest BCUT2D eigenvalue weighted by Crippen LogP contribution is 2.34. The zero-order chi connectivity index (χ0) is 10.9. The van der Waals surface area contributed by atoms with Gasteiger partial charge in [-0.25, -0.2) is 4.98 Å². The van der Waals surface area contributed by atoms with Crippen LogP contribution >= 0.6 is 45.8 Å². The Morgan fingerprint density at radius 3 is 2.36 bits per heavy atom. The molecule has 0 fully saturated rings. The van der Waals surface area contributed by atoms with Crippen LogP contribution in [0.25, 0.3) is 0 Å². The lowest BCUT2D eigenvalue weighted by Crippen LogP contribution is -2.18. The summed E-state index contributed by atoms with van der Waals surface area (Å²) in [6.07, 6.45) is -4.79. The molecule has 78 valence electrons. The van der Waals surface area contributed by atoms with Crippen molar-refractivity contribution in [2.24, 2.45) is 0 Å². The lowest BCUT2D eigenvalue weighted by atomic mass is 10.5. The van der Waals surface area contributed by atoms with Crippen LogP contribution in [0.15, 0.2) is 6.07 Å². The third-order valence-electron chi connectivity index (χ3n) is 1.07. The molecule has 1 rings (SSSR count). The SMILES string of the molecule is FC(F)(F)Oc1c(I)cc(Cl)nc1Cl. The van der Waals surface area contributed by atoms with E-state index in [0.29, 0.717) is 0 Å². The molecule has 1 aromatic rings. The van der Waals surface area contributed by atoms with Crippen LogP contribution in [0.1, 0.15) is 0 Å². The number of halogens is 6. The number of alkyl halides is 3. The van der Waals surface area contributed by atoms with Gasteiger partial charge < -0.3 is 4.74 Å². The van der Waals surface area contributed by atoms with Gasteiger partial charge in [0.15, 0.2) is 10.9 Å². The molecule has 0 atom stereocenters. The van der Waals surface area contributed by atoms with Crippen molar-refractivity contribution in [2.75, 3.05) is 0 Å². The second-order valence-corrected chi connectivity index (χ2v) is 4.00. The van der Waals surface area contributed by atoms with Gasteiger partial charge in [-0.15, -0.1) is 13.2 Å². The predicted octanol–water partition coefficient (Wildman–Crippen LogP) is 3.89. The lowest BCUT2D eigenvalue weighted by molar-refractivity contribution is -0.275. The highest BCUT2D eigenvalue weighted by atomic mass is 127. The number of rotatable bonds is 1. The molecule has 0 aromatic carbocycles. The summed E-state index contributed by atoms with van der Waals surface area (Å²) in [6, 6.07) is 1.22. The minimum absolute atomic E-state index is 0.00826. The van der Waals surface area contributed by atoms with Crippen LogP contribution in [0.5, 0.6) is 5.75 Å². The van der Waals surface area contributed by atoms with Gasteiger partial charge in [-0.2, -0.15) is 0 Å². The number of pyridine rings is 1. The maximum atomic E-state index is 11.9. The van der Waals surface area contributed by atoms with Gasteiger partial charge in [0.05, 0.1) is 3.57 Å². The van der Waals surface area contributed by atoms with Crippen molar-refractivity contribution in [1.82, 2.24) is 4.98 Å². The Bertz CT molecular complexity index is 334. The van der Waals surface area contributed by atoms with Crippen molar-refractivity contribution in [3.05, 3.63) is 19.9 Å². The molecule has 0 aliphatic carbocycles. The van der Waals surface area contributed by atoms with E-state index in [1.54, 1.807) is 22.6 Å². The molecule has 1 heterocycles. The fraction of sp³-hybridized carbons (Fsp3) is 0.167. The normalized spacial score (nSPS) is 11.6. The van der Waals surface area contributed by atoms with E-state index in [-0.39, 0.29) is 8.72 Å². The Balaban J connectivity index is 3.09. The highest BCUT2D eigenvalue weighted by Gasteiger charge is 2.33. The third-order valence-corrected chi connectivity index (χ3v) is 2.32. The first-order chi connectivity index (χ1) is 6.29. The van der Waals surface area contributed by atoms with Crippen molar-refractivity contribution in [1.29, 1.82) is 0 Å². The van der Waals surface area contributed by atoms with E-state index in [0.717, 1.165) is 0 Å². The molecule has 0 radical (unpaired) electrons. The number of ether oxygens (including phenoxy) is 1. The molecule has 1 aromatic heterocycles. The molecule has 2 nitrogen and oxygen atoms in total. The van der Waals surface area contributed by atoms with Crippen molar-refractivity contribution < 1.29 is 17.9 Å². The molecule has 0 spiro atoms. The minimum atomic E-state index is -4.79. The number of hydrogen-bond acceptors (Lipinski definition) is 2. The number of nitrogens with zero attached hydrogens (tertiary/aromatic N) is 1. The molecule has 0 N–H and O–H groups in total. The Kier molecular flexibility index (Phi) is 3.70. The minimum Gasteiger partial charge on any atom is -0.401 e. The van der Waals surface area contributed by atoms with Crippen molar-refractivity contribution in [3.8, 4) is 5.75 Å². The van der Waals surface area contributed by atoms with Crippen LogP contribution in [-0.4, -0.2) is 11.3 Å². The van der Waals surface area contributed by atoms with Crippen molar-refractivity contribution in [3.63, 3.8) is 0 Å². The van der Waals surface area contributed by atoms with Crippen LogP contribution in [-0.2, 0) is 0 Å². The van der Waals surface area contributed by atoms with E-state index in [1.807, 2.05) is 0 Å².